The second-order valence-electron chi connectivity index (χ2n) is 3.78. The van der Waals surface area contributed by atoms with Crippen LogP contribution < -0.4 is 0 Å². The van der Waals surface area contributed by atoms with Crippen LogP contribution in [0.5, 0.6) is 0 Å². The van der Waals surface area contributed by atoms with E-state index in [4.69, 9.17) is 12.2 Å². The molecular formula is C11H24NOPS3. The third-order valence-corrected chi connectivity index (χ3v) is 11.4. The number of rotatable bonds is 9. The Hall–Kier alpha value is 0.820. The van der Waals surface area contributed by atoms with E-state index in [0.29, 0.717) is 0 Å². The van der Waals surface area contributed by atoms with E-state index in [-0.39, 0.29) is 0 Å². The first kappa shape index (κ1) is 17.8. The molecule has 0 radical (unpaired) electrons. The molecule has 0 atom stereocenters. The minimum Gasteiger partial charge on any atom is -0.301 e. The molecule has 0 aliphatic rings. The van der Waals surface area contributed by atoms with Gasteiger partial charge in [-0.15, -0.1) is 0 Å². The zero-order valence-electron chi connectivity index (χ0n) is 11.3. The van der Waals surface area contributed by atoms with Gasteiger partial charge >= 0.3 is 0 Å². The minimum absolute atomic E-state index is 0.766. The fraction of sp³-hybridized carbons (Fsp3) is 0.909. The summed E-state index contributed by atoms with van der Waals surface area (Å²) in [6.07, 6.45) is 3.09. The molecule has 0 aromatic rings. The standard InChI is InChI=1S/C11H24NOPS3/c1-5-8-12(11(4)15)14(13,16-9-6-2)17-10-7-3/h5-10H2,1-4H3. The average molecular weight is 313 g/mol. The van der Waals surface area contributed by atoms with E-state index in [0.717, 1.165) is 42.3 Å². The zero-order valence-corrected chi connectivity index (χ0v) is 14.6. The van der Waals surface area contributed by atoms with Crippen LogP contribution in [0.2, 0.25) is 0 Å². The molecule has 6 heteroatoms. The normalized spacial score (nSPS) is 11.5. The molecule has 2 nitrogen and oxygen atoms in total. The first-order valence-corrected chi connectivity index (χ1v) is 11.4. The lowest BCUT2D eigenvalue weighted by atomic mass is 10.5. The molecule has 0 rings (SSSR count). The maximum atomic E-state index is 13.0. The summed E-state index contributed by atoms with van der Waals surface area (Å²) in [5, 5.41) is 0. The van der Waals surface area contributed by atoms with Gasteiger partial charge in [-0.2, -0.15) is 0 Å². The molecule has 17 heavy (non-hydrogen) atoms. The van der Waals surface area contributed by atoms with E-state index in [9.17, 15) is 4.57 Å². The van der Waals surface area contributed by atoms with Crippen molar-refractivity contribution in [1.29, 1.82) is 0 Å². The molecule has 0 spiro atoms. The van der Waals surface area contributed by atoms with Gasteiger partial charge in [0.15, 0.2) is 0 Å². The Kier molecular flexibility index (Phi) is 10.2. The summed E-state index contributed by atoms with van der Waals surface area (Å²) in [4.78, 5) is 0.766. The van der Waals surface area contributed by atoms with Gasteiger partial charge in [0.1, 0.15) is 0 Å². The maximum Gasteiger partial charge on any atom is 0.280 e. The molecular weight excluding hydrogens is 289 g/mol. The molecule has 102 valence electrons. The Morgan fingerprint density at radius 1 is 1.12 bits per heavy atom. The van der Waals surface area contributed by atoms with Gasteiger partial charge in [-0.1, -0.05) is 55.8 Å². The maximum absolute atomic E-state index is 13.0. The van der Waals surface area contributed by atoms with Crippen molar-refractivity contribution in [2.24, 2.45) is 0 Å². The smallest absolute Gasteiger partial charge is 0.280 e. The Morgan fingerprint density at radius 3 is 1.88 bits per heavy atom. The van der Waals surface area contributed by atoms with E-state index in [1.54, 1.807) is 22.8 Å². The summed E-state index contributed by atoms with van der Waals surface area (Å²) in [5.74, 6) is 1.88. The van der Waals surface area contributed by atoms with Crippen LogP contribution >= 0.6 is 40.7 Å². The SMILES string of the molecule is CCCSP(=O)(SCCC)N(CCC)C(C)=S. The van der Waals surface area contributed by atoms with Crippen LogP contribution in [0.4, 0.5) is 0 Å². The van der Waals surface area contributed by atoms with Gasteiger partial charge in [0.05, 0.1) is 4.99 Å². The van der Waals surface area contributed by atoms with Crippen molar-refractivity contribution >= 4 is 45.7 Å². The topological polar surface area (TPSA) is 20.3 Å². The Bertz CT molecular complexity index is 261. The summed E-state index contributed by atoms with van der Waals surface area (Å²) in [5.41, 5.74) is -2.41. The second kappa shape index (κ2) is 9.71. The quantitative estimate of drug-likeness (QED) is 0.416. The Labute approximate surface area is 120 Å². The number of hydrogen-bond acceptors (Lipinski definition) is 4. The van der Waals surface area contributed by atoms with E-state index in [1.807, 2.05) is 11.6 Å². The van der Waals surface area contributed by atoms with Crippen LogP contribution in [0, 0.1) is 0 Å². The van der Waals surface area contributed by atoms with Gasteiger partial charge in [0.2, 0.25) is 0 Å². The molecule has 0 fully saturated rings. The van der Waals surface area contributed by atoms with Gasteiger partial charge < -0.3 is 4.67 Å². The molecule has 0 unspecified atom stereocenters. The third-order valence-electron chi connectivity index (χ3n) is 2.01. The van der Waals surface area contributed by atoms with Crippen molar-refractivity contribution in [3.8, 4) is 0 Å². The highest BCUT2D eigenvalue weighted by molar-refractivity contribution is 8.90. The number of hydrogen-bond donors (Lipinski definition) is 0. The number of nitrogens with zero attached hydrogens (tertiary/aromatic N) is 1. The Balaban J connectivity index is 4.82. The van der Waals surface area contributed by atoms with Crippen molar-refractivity contribution in [3.05, 3.63) is 0 Å². The van der Waals surface area contributed by atoms with E-state index >= 15 is 0 Å². The van der Waals surface area contributed by atoms with E-state index in [2.05, 4.69) is 20.8 Å². The molecule has 0 N–H and O–H groups in total. The lowest BCUT2D eigenvalue weighted by Gasteiger charge is -2.31. The van der Waals surface area contributed by atoms with Gasteiger partial charge in [-0.25, -0.2) is 0 Å². The highest BCUT2D eigenvalue weighted by atomic mass is 33.1. The van der Waals surface area contributed by atoms with Gasteiger partial charge in [0, 0.05) is 18.1 Å². The van der Waals surface area contributed by atoms with Crippen LogP contribution in [-0.4, -0.2) is 27.7 Å². The lowest BCUT2D eigenvalue weighted by Crippen LogP contribution is -2.23. The molecule has 0 aromatic heterocycles. The summed E-state index contributed by atoms with van der Waals surface area (Å²) < 4.78 is 15.0. The fourth-order valence-corrected chi connectivity index (χ4v) is 10.7. The molecule has 0 saturated carbocycles. The van der Waals surface area contributed by atoms with Crippen molar-refractivity contribution in [1.82, 2.24) is 4.67 Å². The summed E-state index contributed by atoms with van der Waals surface area (Å²) >= 11 is 8.45. The third kappa shape index (κ3) is 6.51. The molecule has 0 bridgehead atoms. The Morgan fingerprint density at radius 2 is 1.59 bits per heavy atom. The van der Waals surface area contributed by atoms with Crippen molar-refractivity contribution in [2.45, 2.75) is 47.0 Å². The van der Waals surface area contributed by atoms with E-state index < -0.39 is 5.70 Å². The predicted molar refractivity (Wildman–Crippen MR) is 88.4 cm³/mol. The molecule has 0 heterocycles. The van der Waals surface area contributed by atoms with Crippen LogP contribution in [-0.2, 0) is 4.57 Å². The highest BCUT2D eigenvalue weighted by Gasteiger charge is 2.31. The average Bonchev–Trinajstić information content (AvgIpc) is 2.30. The first-order valence-electron chi connectivity index (χ1n) is 6.19. The lowest BCUT2D eigenvalue weighted by molar-refractivity contribution is 0.542. The fourth-order valence-electron chi connectivity index (χ4n) is 1.25. The zero-order chi connectivity index (χ0) is 13.3. The van der Waals surface area contributed by atoms with Crippen molar-refractivity contribution < 1.29 is 4.57 Å². The number of thiocarbonyl (C=S) groups is 1. The summed E-state index contributed by atoms with van der Waals surface area (Å²) in [6, 6.07) is 0. The first-order chi connectivity index (χ1) is 8.01. The molecule has 0 saturated heterocycles. The highest BCUT2D eigenvalue weighted by Crippen LogP contribution is 2.71. The molecule has 0 aromatic carbocycles. The monoisotopic (exact) mass is 313 g/mol. The second-order valence-corrected chi connectivity index (χ2v) is 12.3. The molecule has 0 amide bonds. The van der Waals surface area contributed by atoms with Crippen molar-refractivity contribution in [3.63, 3.8) is 0 Å². The van der Waals surface area contributed by atoms with Crippen molar-refractivity contribution in [2.75, 3.05) is 18.1 Å². The summed E-state index contributed by atoms with van der Waals surface area (Å²) in [6.45, 7) is 9.04. The molecule has 0 aliphatic heterocycles. The predicted octanol–water partition coefficient (Wildman–Crippen LogP) is 5.44. The van der Waals surface area contributed by atoms with Crippen LogP contribution in [0.3, 0.4) is 0 Å². The summed E-state index contributed by atoms with van der Waals surface area (Å²) in [7, 11) is 0. The van der Waals surface area contributed by atoms with Gasteiger partial charge in [-0.3, -0.25) is 4.57 Å². The van der Waals surface area contributed by atoms with E-state index in [1.165, 1.54) is 0 Å². The van der Waals surface area contributed by atoms with Gasteiger partial charge in [0.25, 0.3) is 5.70 Å². The van der Waals surface area contributed by atoms with Gasteiger partial charge in [-0.05, 0) is 26.2 Å². The van der Waals surface area contributed by atoms with Crippen LogP contribution in [0.1, 0.15) is 47.0 Å². The minimum atomic E-state index is -2.41. The van der Waals surface area contributed by atoms with Crippen LogP contribution in [0.15, 0.2) is 0 Å². The largest absolute Gasteiger partial charge is 0.301 e. The van der Waals surface area contributed by atoms with Crippen LogP contribution in [0.25, 0.3) is 0 Å². The molecule has 0 aliphatic carbocycles.